The average molecular weight is 339 g/mol. The molecular formula is C22H17N3O. The number of aromatic amines is 1. The molecule has 0 aliphatic rings. The van der Waals surface area contributed by atoms with Gasteiger partial charge in [0.2, 0.25) is 5.95 Å². The van der Waals surface area contributed by atoms with Gasteiger partial charge in [0.25, 0.3) is 5.56 Å². The van der Waals surface area contributed by atoms with E-state index in [2.05, 4.69) is 27.4 Å². The number of anilines is 2. The molecule has 0 saturated carbocycles. The molecule has 26 heavy (non-hydrogen) atoms. The Morgan fingerprint density at radius 2 is 1.38 bits per heavy atom. The maximum Gasteiger partial charge on any atom is 0.260 e. The smallest absolute Gasteiger partial charge is 0.260 e. The van der Waals surface area contributed by atoms with Crippen molar-refractivity contribution in [3.8, 4) is 22.3 Å². The first-order valence-corrected chi connectivity index (χ1v) is 8.37. The summed E-state index contributed by atoms with van der Waals surface area (Å²) in [5.41, 5.74) is 4.25. The molecule has 0 amide bonds. The van der Waals surface area contributed by atoms with Crippen LogP contribution in [0.2, 0.25) is 0 Å². The minimum Gasteiger partial charge on any atom is -0.326 e. The Kier molecular flexibility index (Phi) is 4.31. The minimum atomic E-state index is -0.177. The van der Waals surface area contributed by atoms with Crippen LogP contribution in [0.3, 0.4) is 0 Å². The molecule has 4 heteroatoms. The van der Waals surface area contributed by atoms with E-state index in [1.165, 1.54) is 0 Å². The number of nitrogens with zero attached hydrogens (tertiary/aromatic N) is 1. The molecule has 1 heterocycles. The summed E-state index contributed by atoms with van der Waals surface area (Å²) in [6.07, 6.45) is 1.61. The zero-order valence-corrected chi connectivity index (χ0v) is 14.0. The fourth-order valence-electron chi connectivity index (χ4n) is 2.82. The van der Waals surface area contributed by atoms with Crippen LogP contribution >= 0.6 is 0 Å². The maximum absolute atomic E-state index is 12.5. The van der Waals surface area contributed by atoms with Crippen LogP contribution in [0, 0.1) is 0 Å². The Morgan fingerprint density at radius 3 is 2.12 bits per heavy atom. The van der Waals surface area contributed by atoms with E-state index in [0.29, 0.717) is 11.5 Å². The summed E-state index contributed by atoms with van der Waals surface area (Å²) >= 11 is 0. The summed E-state index contributed by atoms with van der Waals surface area (Å²) in [5.74, 6) is 0.421. The second-order valence-electron chi connectivity index (χ2n) is 5.91. The zero-order chi connectivity index (χ0) is 17.8. The predicted octanol–water partition coefficient (Wildman–Crippen LogP) is 4.85. The van der Waals surface area contributed by atoms with Gasteiger partial charge in [-0.05, 0) is 34.9 Å². The van der Waals surface area contributed by atoms with Crippen LogP contribution in [0.25, 0.3) is 22.3 Å². The Labute approximate surface area is 151 Å². The zero-order valence-electron chi connectivity index (χ0n) is 14.0. The molecule has 3 aromatic carbocycles. The largest absolute Gasteiger partial charge is 0.326 e. The van der Waals surface area contributed by atoms with Gasteiger partial charge in [-0.1, -0.05) is 66.7 Å². The number of aromatic nitrogens is 2. The third-order valence-electron chi connectivity index (χ3n) is 4.12. The van der Waals surface area contributed by atoms with E-state index in [-0.39, 0.29) is 5.56 Å². The molecule has 0 fully saturated rings. The van der Waals surface area contributed by atoms with Crippen molar-refractivity contribution in [3.05, 3.63) is 101 Å². The highest BCUT2D eigenvalue weighted by Gasteiger charge is 2.07. The molecule has 0 bridgehead atoms. The second kappa shape index (κ2) is 7.07. The standard InChI is InChI=1S/C22H17N3O/c26-21-20(15-23-22(25-21)24-19-12-5-2-6-13-19)18-11-7-10-17(14-18)16-8-3-1-4-9-16/h1-15H,(H2,23,24,25,26). The monoisotopic (exact) mass is 339 g/mol. The van der Waals surface area contributed by atoms with Crippen molar-refractivity contribution in [1.82, 2.24) is 9.97 Å². The van der Waals surface area contributed by atoms with Gasteiger partial charge in [0.15, 0.2) is 0 Å². The van der Waals surface area contributed by atoms with Crippen LogP contribution in [-0.4, -0.2) is 9.97 Å². The van der Waals surface area contributed by atoms with Gasteiger partial charge in [0.05, 0.1) is 5.56 Å². The van der Waals surface area contributed by atoms with Gasteiger partial charge < -0.3 is 5.32 Å². The maximum atomic E-state index is 12.5. The van der Waals surface area contributed by atoms with Gasteiger partial charge in [0.1, 0.15) is 0 Å². The van der Waals surface area contributed by atoms with Gasteiger partial charge in [-0.25, -0.2) is 4.98 Å². The summed E-state index contributed by atoms with van der Waals surface area (Å²) in [6.45, 7) is 0. The highest BCUT2D eigenvalue weighted by Crippen LogP contribution is 2.24. The van der Waals surface area contributed by atoms with Gasteiger partial charge >= 0.3 is 0 Å². The molecule has 0 saturated heterocycles. The van der Waals surface area contributed by atoms with Crippen molar-refractivity contribution in [2.45, 2.75) is 0 Å². The van der Waals surface area contributed by atoms with Crippen LogP contribution in [0.4, 0.5) is 11.6 Å². The number of benzene rings is 3. The van der Waals surface area contributed by atoms with Crippen molar-refractivity contribution in [1.29, 1.82) is 0 Å². The normalized spacial score (nSPS) is 10.5. The fourth-order valence-corrected chi connectivity index (χ4v) is 2.82. The summed E-state index contributed by atoms with van der Waals surface area (Å²) in [7, 11) is 0. The fraction of sp³-hybridized carbons (Fsp3) is 0. The molecule has 4 nitrogen and oxygen atoms in total. The Bertz CT molecular complexity index is 1070. The molecule has 4 aromatic rings. The lowest BCUT2D eigenvalue weighted by Crippen LogP contribution is -2.12. The number of rotatable bonds is 4. The molecule has 4 rings (SSSR count). The van der Waals surface area contributed by atoms with Gasteiger partial charge in [-0.15, -0.1) is 0 Å². The van der Waals surface area contributed by atoms with Crippen LogP contribution in [-0.2, 0) is 0 Å². The lowest BCUT2D eigenvalue weighted by Gasteiger charge is -2.08. The quantitative estimate of drug-likeness (QED) is 0.559. The van der Waals surface area contributed by atoms with Crippen molar-refractivity contribution < 1.29 is 0 Å². The van der Waals surface area contributed by atoms with E-state index >= 15 is 0 Å². The molecule has 0 aliphatic carbocycles. The number of nitrogens with one attached hydrogen (secondary N) is 2. The molecule has 0 aliphatic heterocycles. The number of H-pyrrole nitrogens is 1. The molecule has 0 atom stereocenters. The molecule has 0 unspecified atom stereocenters. The number of hydrogen-bond acceptors (Lipinski definition) is 3. The highest BCUT2D eigenvalue weighted by atomic mass is 16.1. The van der Waals surface area contributed by atoms with E-state index in [9.17, 15) is 4.79 Å². The lowest BCUT2D eigenvalue weighted by molar-refractivity contribution is 1.12. The third kappa shape index (κ3) is 3.39. The molecule has 126 valence electrons. The number of para-hydroxylation sites is 1. The van der Waals surface area contributed by atoms with Crippen molar-refractivity contribution in [3.63, 3.8) is 0 Å². The number of hydrogen-bond donors (Lipinski definition) is 2. The van der Waals surface area contributed by atoms with Crippen LogP contribution < -0.4 is 10.9 Å². The topological polar surface area (TPSA) is 57.8 Å². The first kappa shape index (κ1) is 15.8. The van der Waals surface area contributed by atoms with Crippen molar-refractivity contribution in [2.75, 3.05) is 5.32 Å². The van der Waals surface area contributed by atoms with Crippen molar-refractivity contribution >= 4 is 11.6 Å². The third-order valence-corrected chi connectivity index (χ3v) is 4.12. The average Bonchev–Trinajstić information content (AvgIpc) is 2.70. The first-order chi connectivity index (χ1) is 12.8. The van der Waals surface area contributed by atoms with E-state index < -0.39 is 0 Å². The Balaban J connectivity index is 1.65. The van der Waals surface area contributed by atoms with Gasteiger partial charge in [0, 0.05) is 11.9 Å². The minimum absolute atomic E-state index is 0.177. The predicted molar refractivity (Wildman–Crippen MR) is 105 cm³/mol. The van der Waals surface area contributed by atoms with E-state index in [1.54, 1.807) is 6.20 Å². The van der Waals surface area contributed by atoms with Crippen molar-refractivity contribution in [2.24, 2.45) is 0 Å². The first-order valence-electron chi connectivity index (χ1n) is 8.37. The van der Waals surface area contributed by atoms with E-state index in [1.807, 2.05) is 72.8 Å². The second-order valence-corrected chi connectivity index (χ2v) is 5.91. The lowest BCUT2D eigenvalue weighted by atomic mass is 10.0. The summed E-state index contributed by atoms with van der Waals surface area (Å²) < 4.78 is 0. The molecular weight excluding hydrogens is 322 g/mol. The SMILES string of the molecule is O=c1[nH]c(Nc2ccccc2)ncc1-c1cccc(-c2ccccc2)c1. The molecule has 0 spiro atoms. The summed E-state index contributed by atoms with van der Waals surface area (Å²) in [6, 6.07) is 27.6. The van der Waals surface area contributed by atoms with Crippen LogP contribution in [0.5, 0.6) is 0 Å². The Morgan fingerprint density at radius 1 is 0.731 bits per heavy atom. The van der Waals surface area contributed by atoms with Crippen LogP contribution in [0.15, 0.2) is 95.9 Å². The molecule has 2 N–H and O–H groups in total. The Hall–Kier alpha value is -3.66. The van der Waals surface area contributed by atoms with Gasteiger partial charge in [-0.2, -0.15) is 0 Å². The summed E-state index contributed by atoms with van der Waals surface area (Å²) in [4.78, 5) is 19.7. The molecule has 1 aromatic heterocycles. The van der Waals surface area contributed by atoms with E-state index in [0.717, 1.165) is 22.4 Å². The highest BCUT2D eigenvalue weighted by molar-refractivity contribution is 5.72. The van der Waals surface area contributed by atoms with Gasteiger partial charge in [-0.3, -0.25) is 9.78 Å². The van der Waals surface area contributed by atoms with Crippen LogP contribution in [0.1, 0.15) is 0 Å². The molecule has 0 radical (unpaired) electrons. The van der Waals surface area contributed by atoms with E-state index in [4.69, 9.17) is 0 Å². The summed E-state index contributed by atoms with van der Waals surface area (Å²) in [5, 5.41) is 3.09.